The Labute approximate surface area is 606 Å². The van der Waals surface area contributed by atoms with Crippen molar-refractivity contribution in [2.24, 2.45) is 35.5 Å². The number of fused-ring (bicyclic) bond motifs is 2. The summed E-state index contributed by atoms with van der Waals surface area (Å²) in [6.45, 7) is 5.67. The number of hydrogen-bond acceptors (Lipinski definition) is 12. The van der Waals surface area contributed by atoms with Crippen LogP contribution in [0, 0.1) is 35.5 Å². The number of nitrogens with one attached hydrogen (secondary N) is 3. The number of nitrogens with zero attached hydrogens (tertiary/aromatic N) is 9. The van der Waals surface area contributed by atoms with Crippen LogP contribution in [0.2, 0.25) is 0 Å². The minimum atomic E-state index is -4.50. The van der Waals surface area contributed by atoms with Crippen LogP contribution in [0.25, 0.3) is 0 Å². The van der Waals surface area contributed by atoms with E-state index in [0.717, 1.165) is 57.8 Å². The number of rotatable bonds is 10. The zero-order valence-corrected chi connectivity index (χ0v) is 62.7. The van der Waals surface area contributed by atoms with Gasteiger partial charge >= 0.3 is 6.18 Å². The molecule has 0 bridgehead atoms. The van der Waals surface area contributed by atoms with Gasteiger partial charge in [0.25, 0.3) is 0 Å². The highest BCUT2D eigenvalue weighted by Crippen LogP contribution is 2.44. The Kier molecular flexibility index (Phi) is 27.2. The van der Waals surface area contributed by atoms with Gasteiger partial charge < -0.3 is 60.0 Å². The molecule has 4 aliphatic heterocycles. The second-order valence-electron chi connectivity index (χ2n) is 31.8. The number of likely N-dealkylation sites (N-methyl/N-ethyl adjacent to an activating group) is 6. The second-order valence-corrected chi connectivity index (χ2v) is 32.4. The van der Waals surface area contributed by atoms with E-state index in [0.29, 0.717) is 77.3 Å². The van der Waals surface area contributed by atoms with Crippen molar-refractivity contribution in [3.63, 3.8) is 0 Å². The van der Waals surface area contributed by atoms with Crippen molar-refractivity contribution >= 4 is 82.5 Å². The van der Waals surface area contributed by atoms with Crippen molar-refractivity contribution in [2.75, 3.05) is 75.0 Å². The predicted octanol–water partition coefficient (Wildman–Crippen LogP) is 6.38. The zero-order valence-electron chi connectivity index (χ0n) is 61.9. The van der Waals surface area contributed by atoms with Crippen molar-refractivity contribution in [3.05, 3.63) is 0 Å². The largest absolute Gasteiger partial charge is 0.393 e. The van der Waals surface area contributed by atoms with Crippen LogP contribution in [0.3, 0.4) is 0 Å². The Morgan fingerprint density at radius 3 is 1.78 bits per heavy atom. The van der Waals surface area contributed by atoms with Crippen molar-refractivity contribution in [1.82, 2.24) is 60.0 Å². The van der Waals surface area contributed by atoms with E-state index in [-0.39, 0.29) is 101 Å². The Balaban J connectivity index is 1.07. The topological polar surface area (TPSA) is 270 Å². The minimum absolute atomic E-state index is 0.00672. The summed E-state index contributed by atoms with van der Waals surface area (Å²) in [5.41, 5.74) is -1.54. The fourth-order valence-electron chi connectivity index (χ4n) is 18.1. The fourth-order valence-corrected chi connectivity index (χ4v) is 18.6. The van der Waals surface area contributed by atoms with Gasteiger partial charge in [-0.25, -0.2) is 0 Å². The molecule has 572 valence electrons. The third-order valence-electron chi connectivity index (χ3n) is 25.3. The zero-order chi connectivity index (χ0) is 74.2. The quantitative estimate of drug-likeness (QED) is 0.201. The van der Waals surface area contributed by atoms with E-state index in [2.05, 4.69) is 16.0 Å². The lowest BCUT2D eigenvalue weighted by Crippen LogP contribution is -2.65. The van der Waals surface area contributed by atoms with E-state index < -0.39 is 167 Å². The summed E-state index contributed by atoms with van der Waals surface area (Å²) >= 11 is 6.42. The lowest BCUT2D eigenvalue weighted by atomic mass is 9.78. The molecule has 4 saturated heterocycles. The van der Waals surface area contributed by atoms with Gasteiger partial charge in [0.05, 0.1) is 18.9 Å². The van der Waals surface area contributed by atoms with Gasteiger partial charge in [-0.1, -0.05) is 84.5 Å². The monoisotopic (exact) mass is 1460 g/mol. The van der Waals surface area contributed by atoms with Crippen LogP contribution in [-0.2, 0) is 57.5 Å². The molecule has 28 heteroatoms. The third kappa shape index (κ3) is 18.0. The van der Waals surface area contributed by atoms with E-state index in [1.165, 1.54) is 81.5 Å². The van der Waals surface area contributed by atoms with Crippen LogP contribution < -0.4 is 16.0 Å². The average molecular weight is 1460 g/mol. The molecule has 0 aromatic heterocycles. The number of hydrogen-bond donors (Lipinski definition) is 3. The fraction of sp³-hybridized carbons (Fsp3) is 0.838. The average Bonchev–Trinajstić information content (AvgIpc) is 1.36. The number of halogens is 4. The summed E-state index contributed by atoms with van der Waals surface area (Å²) in [4.78, 5) is 194. The first kappa shape index (κ1) is 79.8. The van der Waals surface area contributed by atoms with Crippen LogP contribution in [-0.4, -0.2) is 261 Å². The van der Waals surface area contributed by atoms with Gasteiger partial charge in [0.1, 0.15) is 59.9 Å². The first-order valence-corrected chi connectivity index (χ1v) is 38.9. The SMILES string of the molecule is CC[C@H](C)[C@@H]1NC(=O)[C@H](C2CCC2)N(C)C(=O)C[C@@H](C(=O)N2CCCCC2)N(C)C(=O)[C@H](C2CCCC2)N(C)C(=O)C2(CCCC2)NC(=O)[C@@H]2CCCN2C(=O)[C@H](CCC2CCC(C(F)(F)F)C(Cl)C2)NC(=O)CN(C)C(=O)[C@H](CC2CCCCC2)N(C)C(=O)[C@@H]2CCN2C(=O)[C@H](C)N(C)C1=O. The highest BCUT2D eigenvalue weighted by molar-refractivity contribution is 6.21. The standard InChI is InChI=1S/C74H116ClF3N12O12/c1-10-45(2)60-70(100)83(5)46(3)65(95)90-40-34-55(90)68(98)84(6)56(42-47-23-13-11-14-24-47)67(97)82(4)44-58(91)79-53(33-31-48-30-32-51(52(75)41-48)74(76,77)78)66(96)89-39-22-29-54(89)63(93)81-73(35-17-18-36-73)72(102)87(9)62(50-25-15-16-26-50)71(101)85(7)57(69(99)88-37-19-12-20-38-88)43-59(92)86(8)61(64(94)80-60)49-27-21-28-49/h45-57,60-62H,10-44H2,1-9H3,(H,79,91)(H,80,94)(H,81,93)/t45-,46-,48?,51?,52?,53-,54-,55-,56-,57-,60-,61-,62-/m0/s1. The molecule has 9 aliphatic rings. The molecule has 5 saturated carbocycles. The normalized spacial score (nSPS) is 32.3. The minimum Gasteiger partial charge on any atom is -0.343 e. The summed E-state index contributed by atoms with van der Waals surface area (Å²) in [7, 11) is 8.90. The molecule has 9 rings (SSSR count). The van der Waals surface area contributed by atoms with E-state index in [9.17, 15) is 32.3 Å². The van der Waals surface area contributed by atoms with Gasteiger partial charge in [-0.15, -0.1) is 11.6 Å². The lowest BCUT2D eigenvalue weighted by molar-refractivity contribution is -0.182. The molecule has 0 radical (unpaired) electrons. The van der Waals surface area contributed by atoms with Gasteiger partial charge in [0.2, 0.25) is 70.9 Å². The molecule has 12 amide bonds. The van der Waals surface area contributed by atoms with Crippen LogP contribution in [0.1, 0.15) is 213 Å². The summed E-state index contributed by atoms with van der Waals surface area (Å²) in [6.07, 6.45) is 9.37. The number of likely N-dealkylation sites (tertiary alicyclic amines) is 1. The van der Waals surface area contributed by atoms with E-state index in [1.54, 1.807) is 18.7 Å². The molecule has 0 aromatic carbocycles. The smallest absolute Gasteiger partial charge is 0.343 e. The van der Waals surface area contributed by atoms with Crippen LogP contribution in [0.15, 0.2) is 0 Å². The summed E-state index contributed by atoms with van der Waals surface area (Å²) in [5.74, 6) is -10.2. The Bertz CT molecular complexity index is 3050. The Morgan fingerprint density at radius 2 is 1.19 bits per heavy atom. The first-order chi connectivity index (χ1) is 48.4. The third-order valence-corrected chi connectivity index (χ3v) is 25.8. The molecule has 24 nitrogen and oxygen atoms in total. The maximum atomic E-state index is 15.8. The van der Waals surface area contributed by atoms with Gasteiger partial charge in [-0.2, -0.15) is 13.2 Å². The maximum absolute atomic E-state index is 15.8. The Hall–Kier alpha value is -6.28. The lowest BCUT2D eigenvalue weighted by Gasteiger charge is -2.45. The van der Waals surface area contributed by atoms with Crippen LogP contribution >= 0.6 is 11.6 Å². The summed E-state index contributed by atoms with van der Waals surface area (Å²) in [5, 5.41) is 7.76. The van der Waals surface area contributed by atoms with Crippen molar-refractivity contribution in [3.8, 4) is 0 Å². The summed E-state index contributed by atoms with van der Waals surface area (Å²) in [6, 6.07) is -10.5. The van der Waals surface area contributed by atoms with Crippen LogP contribution in [0.5, 0.6) is 0 Å². The van der Waals surface area contributed by atoms with Crippen molar-refractivity contribution in [1.29, 1.82) is 0 Å². The molecule has 4 heterocycles. The number of carbonyl (C=O) groups is 12. The number of alkyl halides is 4. The molecule has 102 heavy (non-hydrogen) atoms. The molecule has 13 atom stereocenters. The molecule has 3 unspecified atom stereocenters. The molecule has 9 fully saturated rings. The highest BCUT2D eigenvalue weighted by atomic mass is 35.5. The van der Waals surface area contributed by atoms with Crippen LogP contribution in [0.4, 0.5) is 13.2 Å². The number of carbonyl (C=O) groups excluding carboxylic acids is 12. The van der Waals surface area contributed by atoms with Gasteiger partial charge in [0, 0.05) is 73.8 Å². The van der Waals surface area contributed by atoms with Gasteiger partial charge in [-0.3, -0.25) is 57.5 Å². The number of piperidine rings is 1. The van der Waals surface area contributed by atoms with Crippen molar-refractivity contribution < 1.29 is 70.7 Å². The highest BCUT2D eigenvalue weighted by Gasteiger charge is 2.53. The molecule has 1 spiro atoms. The summed E-state index contributed by atoms with van der Waals surface area (Å²) < 4.78 is 42.1. The Morgan fingerprint density at radius 1 is 0.569 bits per heavy atom. The first-order valence-electron chi connectivity index (χ1n) is 38.5. The number of amides is 12. The van der Waals surface area contributed by atoms with Gasteiger partial charge in [0.15, 0.2) is 0 Å². The van der Waals surface area contributed by atoms with Gasteiger partial charge in [-0.05, 0) is 152 Å². The van der Waals surface area contributed by atoms with Crippen molar-refractivity contribution in [2.45, 2.75) is 285 Å². The van der Waals surface area contributed by atoms with E-state index in [1.807, 2.05) is 6.92 Å². The maximum Gasteiger partial charge on any atom is 0.393 e. The molecule has 5 aliphatic carbocycles. The second kappa shape index (κ2) is 34.8. The predicted molar refractivity (Wildman–Crippen MR) is 375 cm³/mol. The molecule has 0 aromatic rings. The molecular formula is C74H116ClF3N12O12. The van der Waals surface area contributed by atoms with E-state index in [4.69, 9.17) is 11.6 Å². The molecular weight excluding hydrogens is 1340 g/mol. The van der Waals surface area contributed by atoms with E-state index >= 15 is 38.4 Å². The molecule has 3 N–H and O–H groups in total.